The van der Waals surface area contributed by atoms with Gasteiger partial charge in [-0.05, 0) is 43.4 Å². The molecule has 2 aromatic carbocycles. The van der Waals surface area contributed by atoms with Crippen LogP contribution in [0.25, 0.3) is 10.9 Å². The first-order chi connectivity index (χ1) is 17.4. The molecule has 1 saturated carbocycles. The molecule has 192 valence electrons. The Labute approximate surface area is 211 Å². The van der Waals surface area contributed by atoms with Crippen molar-refractivity contribution in [2.24, 2.45) is 0 Å². The van der Waals surface area contributed by atoms with Crippen molar-refractivity contribution in [2.75, 3.05) is 16.8 Å². The van der Waals surface area contributed by atoms with Crippen LogP contribution in [0.1, 0.15) is 70.4 Å². The van der Waals surface area contributed by atoms with Gasteiger partial charge in [0.15, 0.2) is 0 Å². The average molecular weight is 494 g/mol. The highest BCUT2D eigenvalue weighted by molar-refractivity contribution is 5.86. The van der Waals surface area contributed by atoms with Crippen LogP contribution < -0.4 is 15.6 Å². The predicted molar refractivity (Wildman–Crippen MR) is 143 cm³/mol. The Hall–Kier alpha value is -3.35. The summed E-state index contributed by atoms with van der Waals surface area (Å²) in [6, 6.07) is 12.9. The van der Waals surface area contributed by atoms with Crippen molar-refractivity contribution >= 4 is 28.2 Å². The van der Waals surface area contributed by atoms with Crippen LogP contribution in [0.3, 0.4) is 0 Å². The first kappa shape index (κ1) is 25.7. The van der Waals surface area contributed by atoms with Crippen LogP contribution >= 0.6 is 0 Å². The number of carbonyl (C=O) groups is 1. The first-order valence-corrected chi connectivity index (χ1v) is 13.1. The summed E-state index contributed by atoms with van der Waals surface area (Å²) in [5, 5.41) is 13.3. The van der Waals surface area contributed by atoms with Crippen LogP contribution in [0, 0.1) is 5.82 Å². The Kier molecular flexibility index (Phi) is 8.28. The highest BCUT2D eigenvalue weighted by atomic mass is 19.1. The van der Waals surface area contributed by atoms with Crippen molar-refractivity contribution in [3.63, 3.8) is 0 Å². The van der Waals surface area contributed by atoms with Crippen LogP contribution in [0.4, 0.5) is 15.8 Å². The molecule has 3 aromatic rings. The Morgan fingerprint density at radius 2 is 1.83 bits per heavy atom. The molecule has 1 aromatic heterocycles. The van der Waals surface area contributed by atoms with E-state index in [0.29, 0.717) is 11.2 Å². The number of aliphatic carboxylic acids is 1. The van der Waals surface area contributed by atoms with Crippen molar-refractivity contribution in [1.29, 1.82) is 0 Å². The van der Waals surface area contributed by atoms with Gasteiger partial charge in [0.25, 0.3) is 0 Å². The number of hydrogen-bond donors (Lipinski definition) is 2. The molecule has 6 nitrogen and oxygen atoms in total. The molecule has 0 aliphatic heterocycles. The van der Waals surface area contributed by atoms with Gasteiger partial charge < -0.3 is 19.9 Å². The van der Waals surface area contributed by atoms with Crippen LogP contribution in [0.2, 0.25) is 0 Å². The molecule has 0 unspecified atom stereocenters. The summed E-state index contributed by atoms with van der Waals surface area (Å²) < 4.78 is 17.4. The van der Waals surface area contributed by atoms with E-state index >= 15 is 4.39 Å². The van der Waals surface area contributed by atoms with Crippen molar-refractivity contribution in [3.8, 4) is 0 Å². The molecule has 2 N–H and O–H groups in total. The summed E-state index contributed by atoms with van der Waals surface area (Å²) in [6.07, 6.45) is 8.94. The Bertz CT molecular complexity index is 1250. The molecule has 0 atom stereocenters. The molecule has 4 rings (SSSR count). The molecule has 1 aliphatic rings. The number of carboxylic acids is 1. The molecular weight excluding hydrogens is 457 g/mol. The Balaban J connectivity index is 1.85. The third-order valence-electron chi connectivity index (χ3n) is 7.29. The zero-order chi connectivity index (χ0) is 25.7. The highest BCUT2D eigenvalue weighted by Gasteiger charge is 2.22. The number of aromatic nitrogens is 1. The molecule has 0 radical (unpaired) electrons. The lowest BCUT2D eigenvalue weighted by atomic mass is 9.95. The lowest BCUT2D eigenvalue weighted by Crippen LogP contribution is -2.34. The van der Waals surface area contributed by atoms with Gasteiger partial charge in [-0.1, -0.05) is 63.4 Å². The van der Waals surface area contributed by atoms with Gasteiger partial charge in [-0.25, -0.2) is 4.39 Å². The fraction of sp³-hybridized carbons (Fsp3) is 0.448. The van der Waals surface area contributed by atoms with E-state index in [4.69, 9.17) is 0 Å². The van der Waals surface area contributed by atoms with E-state index in [1.54, 1.807) is 17.2 Å². The number of anilines is 2. The summed E-state index contributed by atoms with van der Waals surface area (Å²) >= 11 is 0. The molecule has 0 spiro atoms. The lowest BCUT2D eigenvalue weighted by molar-refractivity contribution is -0.135. The van der Waals surface area contributed by atoms with Crippen molar-refractivity contribution in [2.45, 2.75) is 77.4 Å². The van der Waals surface area contributed by atoms with Gasteiger partial charge in [-0.3, -0.25) is 9.59 Å². The van der Waals surface area contributed by atoms with Crippen LogP contribution in [-0.2, 0) is 11.3 Å². The molecule has 0 bridgehead atoms. The van der Waals surface area contributed by atoms with Crippen molar-refractivity contribution < 1.29 is 14.3 Å². The van der Waals surface area contributed by atoms with Gasteiger partial charge in [0, 0.05) is 24.8 Å². The summed E-state index contributed by atoms with van der Waals surface area (Å²) in [5.41, 5.74) is 1.91. The SMILES string of the molecule is CCC(CC)n1cc(N(CC(=O)O)Cc2ccccc2)c(=O)c2cc(F)c(NC3CCCCC3)cc21. The summed E-state index contributed by atoms with van der Waals surface area (Å²) in [5.74, 6) is -1.48. The maximum absolute atomic E-state index is 15.3. The number of fused-ring (bicyclic) bond motifs is 1. The molecule has 1 aliphatic carbocycles. The normalized spacial score (nSPS) is 14.3. The highest BCUT2D eigenvalue weighted by Crippen LogP contribution is 2.30. The molecule has 1 fully saturated rings. The van der Waals surface area contributed by atoms with E-state index in [2.05, 4.69) is 19.2 Å². The quantitative estimate of drug-likeness (QED) is 0.345. The smallest absolute Gasteiger partial charge is 0.323 e. The molecule has 36 heavy (non-hydrogen) atoms. The van der Waals surface area contributed by atoms with Gasteiger partial charge in [0.2, 0.25) is 5.43 Å². The van der Waals surface area contributed by atoms with Crippen molar-refractivity contribution in [1.82, 2.24) is 4.57 Å². The number of carboxylic acid groups (broad SMARTS) is 1. The molecule has 0 amide bonds. The maximum Gasteiger partial charge on any atom is 0.323 e. The second kappa shape index (κ2) is 11.6. The van der Waals surface area contributed by atoms with E-state index in [1.807, 2.05) is 34.9 Å². The molecular formula is C29H36FN3O3. The molecule has 7 heteroatoms. The Morgan fingerprint density at radius 1 is 1.14 bits per heavy atom. The third kappa shape index (κ3) is 5.72. The standard InChI is InChI=1S/C29H36FN3O3/c1-3-22(4-2)33-18-27(32(19-28(34)35)17-20-11-7-5-8-12-20)29(36)23-15-24(30)25(16-26(23)33)31-21-13-9-6-10-14-21/h5,7-8,11-12,15-16,18,21-22,31H,3-4,6,9-10,13-14,17,19H2,1-2H3,(H,34,35). The summed E-state index contributed by atoms with van der Waals surface area (Å²) in [7, 11) is 0. The zero-order valence-corrected chi connectivity index (χ0v) is 21.2. The molecule has 0 saturated heterocycles. The van der Waals surface area contributed by atoms with Crippen LogP contribution in [0.5, 0.6) is 0 Å². The van der Waals surface area contributed by atoms with Gasteiger partial charge in [-0.15, -0.1) is 0 Å². The minimum Gasteiger partial charge on any atom is -0.480 e. The number of pyridine rings is 1. The van der Waals surface area contributed by atoms with E-state index in [0.717, 1.165) is 44.1 Å². The fourth-order valence-electron chi connectivity index (χ4n) is 5.34. The number of nitrogens with zero attached hydrogens (tertiary/aromatic N) is 2. The fourth-order valence-corrected chi connectivity index (χ4v) is 5.34. The van der Waals surface area contributed by atoms with Crippen LogP contribution in [0.15, 0.2) is 53.5 Å². The number of nitrogens with one attached hydrogen (secondary N) is 1. The summed E-state index contributed by atoms with van der Waals surface area (Å²) in [6.45, 7) is 4.10. The molecule has 1 heterocycles. The minimum atomic E-state index is -1.03. The number of benzene rings is 2. The summed E-state index contributed by atoms with van der Waals surface area (Å²) in [4.78, 5) is 27.0. The minimum absolute atomic E-state index is 0.0863. The van der Waals surface area contributed by atoms with E-state index in [1.165, 1.54) is 12.5 Å². The van der Waals surface area contributed by atoms with Gasteiger partial charge in [0.05, 0.1) is 16.6 Å². The third-order valence-corrected chi connectivity index (χ3v) is 7.29. The van der Waals surface area contributed by atoms with Crippen molar-refractivity contribution in [3.05, 3.63) is 70.3 Å². The van der Waals surface area contributed by atoms with E-state index < -0.39 is 11.8 Å². The second-order valence-electron chi connectivity index (χ2n) is 9.78. The van der Waals surface area contributed by atoms with Gasteiger partial charge >= 0.3 is 5.97 Å². The maximum atomic E-state index is 15.3. The average Bonchev–Trinajstić information content (AvgIpc) is 2.87. The second-order valence-corrected chi connectivity index (χ2v) is 9.78. The monoisotopic (exact) mass is 493 g/mol. The predicted octanol–water partition coefficient (Wildman–Crippen LogP) is 6.34. The van der Waals surface area contributed by atoms with Gasteiger partial charge in [0.1, 0.15) is 18.0 Å². The van der Waals surface area contributed by atoms with E-state index in [9.17, 15) is 14.7 Å². The number of hydrogen-bond acceptors (Lipinski definition) is 4. The number of rotatable bonds is 10. The number of halogens is 1. The van der Waals surface area contributed by atoms with Crippen LogP contribution in [-0.4, -0.2) is 28.2 Å². The first-order valence-electron chi connectivity index (χ1n) is 13.1. The van der Waals surface area contributed by atoms with E-state index in [-0.39, 0.29) is 41.7 Å². The zero-order valence-electron chi connectivity index (χ0n) is 21.2. The van der Waals surface area contributed by atoms with Gasteiger partial charge in [-0.2, -0.15) is 0 Å². The Morgan fingerprint density at radius 3 is 2.47 bits per heavy atom. The topological polar surface area (TPSA) is 74.6 Å². The lowest BCUT2D eigenvalue weighted by Gasteiger charge is -2.28. The largest absolute Gasteiger partial charge is 0.480 e.